The molecule has 0 aliphatic rings. The van der Waals surface area contributed by atoms with E-state index in [9.17, 15) is 19.5 Å². The molecule has 276 valence electrons. The molecule has 0 radical (unpaired) electrons. The number of ether oxygens (including phenoxy) is 3. The number of rotatable bonds is 29. The van der Waals surface area contributed by atoms with Gasteiger partial charge in [0.1, 0.15) is 12.4 Å². The maximum absolute atomic E-state index is 12.5. The summed E-state index contributed by atoms with van der Waals surface area (Å²) in [4.78, 5) is 36.9. The van der Waals surface area contributed by atoms with Gasteiger partial charge >= 0.3 is 11.9 Å². The third kappa shape index (κ3) is 19.0. The second-order valence-corrected chi connectivity index (χ2v) is 13.5. The molecule has 0 heterocycles. The van der Waals surface area contributed by atoms with Crippen molar-refractivity contribution in [2.24, 2.45) is 0 Å². The van der Waals surface area contributed by atoms with E-state index in [4.69, 9.17) is 14.2 Å². The molecule has 0 unspecified atom stereocenters. The lowest BCUT2D eigenvalue weighted by Gasteiger charge is -2.15. The summed E-state index contributed by atoms with van der Waals surface area (Å²) in [6.07, 6.45) is 21.2. The van der Waals surface area contributed by atoms with E-state index in [1.807, 2.05) is 37.3 Å². The Morgan fingerprint density at radius 3 is 1.90 bits per heavy atom. The van der Waals surface area contributed by atoms with Gasteiger partial charge in [-0.2, -0.15) is 0 Å². The predicted molar refractivity (Wildman–Crippen MR) is 198 cm³/mol. The van der Waals surface area contributed by atoms with Gasteiger partial charge in [0.15, 0.2) is 6.10 Å². The Kier molecular flexibility index (Phi) is 22.9. The first kappa shape index (κ1) is 42.0. The molecule has 0 spiro atoms. The molecular weight excluding hydrogens is 618 g/mol. The third-order valence-electron chi connectivity index (χ3n) is 9.26. The molecule has 8 heteroatoms. The molecule has 0 saturated carbocycles. The Balaban J connectivity index is 1.44. The van der Waals surface area contributed by atoms with Crippen LogP contribution in [0.2, 0.25) is 0 Å². The summed E-state index contributed by atoms with van der Waals surface area (Å²) >= 11 is 0. The van der Waals surface area contributed by atoms with Gasteiger partial charge < -0.3 is 24.6 Å². The van der Waals surface area contributed by atoms with E-state index >= 15 is 0 Å². The fourth-order valence-electron chi connectivity index (χ4n) is 6.13. The topological polar surface area (TPSA) is 111 Å². The van der Waals surface area contributed by atoms with Gasteiger partial charge in [-0.05, 0) is 60.2 Å². The highest BCUT2D eigenvalue weighted by Crippen LogP contribution is 2.26. The molecule has 0 aliphatic carbocycles. The van der Waals surface area contributed by atoms with Crippen LogP contribution in [-0.2, 0) is 30.3 Å². The number of hydrogen-bond acceptors (Lipinski definition) is 7. The summed E-state index contributed by atoms with van der Waals surface area (Å²) in [5.41, 5.74) is 2.08. The second-order valence-electron chi connectivity index (χ2n) is 13.5. The first-order chi connectivity index (χ1) is 23.9. The van der Waals surface area contributed by atoms with Crippen molar-refractivity contribution in [3.05, 3.63) is 41.5 Å². The zero-order valence-electron chi connectivity index (χ0n) is 30.8. The fourth-order valence-corrected chi connectivity index (χ4v) is 6.13. The second kappa shape index (κ2) is 26.7. The smallest absolute Gasteiger partial charge is 0.306 e. The van der Waals surface area contributed by atoms with E-state index in [0.717, 1.165) is 59.8 Å². The zero-order valence-corrected chi connectivity index (χ0v) is 30.8. The monoisotopic (exact) mass is 683 g/mol. The Morgan fingerprint density at radius 2 is 1.31 bits per heavy atom. The molecule has 0 bridgehead atoms. The summed E-state index contributed by atoms with van der Waals surface area (Å²) in [6, 6.07) is 9.94. The number of esters is 2. The van der Waals surface area contributed by atoms with Gasteiger partial charge in [0, 0.05) is 19.4 Å². The summed E-state index contributed by atoms with van der Waals surface area (Å²) < 4.78 is 15.9. The standard InChI is InChI=1S/C41H65NO7/c1-4-5-6-7-8-9-10-11-12-13-14-15-16-17-19-22-40(45)48-32-37(31-43)49-41(46)23-20-18-21-28-42-39(44)30-34-24-25-35-29-36(47-3)26-27-38(35)33(34)2/h24-27,29,37,43H,4-23,28,30-32H2,1-3H3,(H,42,44)/t37-/m0/s1. The summed E-state index contributed by atoms with van der Waals surface area (Å²) in [6.45, 7) is 4.30. The van der Waals surface area contributed by atoms with E-state index < -0.39 is 18.7 Å². The fraction of sp³-hybridized carbons (Fsp3) is 0.683. The summed E-state index contributed by atoms with van der Waals surface area (Å²) in [7, 11) is 1.65. The van der Waals surface area contributed by atoms with Crippen molar-refractivity contribution in [2.75, 3.05) is 26.9 Å². The Bertz CT molecular complexity index is 1210. The molecular formula is C41H65NO7. The number of hydrogen-bond donors (Lipinski definition) is 2. The third-order valence-corrected chi connectivity index (χ3v) is 9.26. The van der Waals surface area contributed by atoms with Crippen molar-refractivity contribution < 1.29 is 33.7 Å². The van der Waals surface area contributed by atoms with Crippen molar-refractivity contribution >= 4 is 28.6 Å². The predicted octanol–water partition coefficient (Wildman–Crippen LogP) is 9.08. The van der Waals surface area contributed by atoms with E-state index in [1.54, 1.807) is 7.11 Å². The number of carbonyl (C=O) groups excluding carboxylic acids is 3. The van der Waals surface area contributed by atoms with Gasteiger partial charge in [-0.15, -0.1) is 0 Å². The normalized spacial score (nSPS) is 11.8. The molecule has 49 heavy (non-hydrogen) atoms. The first-order valence-electron chi connectivity index (χ1n) is 19.2. The van der Waals surface area contributed by atoms with Gasteiger partial charge in [0.25, 0.3) is 0 Å². The van der Waals surface area contributed by atoms with Gasteiger partial charge in [-0.3, -0.25) is 14.4 Å². The van der Waals surface area contributed by atoms with E-state index in [-0.39, 0.29) is 24.9 Å². The molecule has 1 atom stereocenters. The van der Waals surface area contributed by atoms with Gasteiger partial charge in [-0.25, -0.2) is 0 Å². The van der Waals surface area contributed by atoms with Gasteiger partial charge in [-0.1, -0.05) is 121 Å². The van der Waals surface area contributed by atoms with Crippen LogP contribution in [0, 0.1) is 6.92 Å². The lowest BCUT2D eigenvalue weighted by atomic mass is 9.98. The minimum absolute atomic E-state index is 0.0321. The largest absolute Gasteiger partial charge is 0.497 e. The van der Waals surface area contributed by atoms with Crippen molar-refractivity contribution in [1.29, 1.82) is 0 Å². The SMILES string of the molecule is CCCCCCCCCCCCCCCCCC(=O)OC[C@H](CO)OC(=O)CCCCCNC(=O)Cc1ccc2cc(OC)ccc2c1C. The Labute approximate surface area is 296 Å². The van der Waals surface area contributed by atoms with Crippen LogP contribution in [0.15, 0.2) is 30.3 Å². The quantitative estimate of drug-likeness (QED) is 0.0650. The maximum Gasteiger partial charge on any atom is 0.306 e. The maximum atomic E-state index is 12.5. The van der Waals surface area contributed by atoms with Crippen molar-refractivity contribution in [3.8, 4) is 5.75 Å². The number of unbranched alkanes of at least 4 members (excludes halogenated alkanes) is 16. The Hall–Kier alpha value is -3.13. The van der Waals surface area contributed by atoms with Crippen LogP contribution in [0.1, 0.15) is 146 Å². The highest BCUT2D eigenvalue weighted by atomic mass is 16.6. The van der Waals surface area contributed by atoms with Crippen LogP contribution < -0.4 is 10.1 Å². The Morgan fingerprint density at radius 1 is 0.735 bits per heavy atom. The highest BCUT2D eigenvalue weighted by Gasteiger charge is 2.16. The van der Waals surface area contributed by atoms with Crippen LogP contribution in [0.3, 0.4) is 0 Å². The summed E-state index contributed by atoms with van der Waals surface area (Å²) in [5.74, 6) is 0.0317. The first-order valence-corrected chi connectivity index (χ1v) is 19.2. The van der Waals surface area contributed by atoms with E-state index in [0.29, 0.717) is 25.8 Å². The molecule has 8 nitrogen and oxygen atoms in total. The van der Waals surface area contributed by atoms with Gasteiger partial charge in [0.2, 0.25) is 5.91 Å². The molecule has 0 saturated heterocycles. The van der Waals surface area contributed by atoms with Crippen molar-refractivity contribution in [2.45, 2.75) is 155 Å². The number of benzene rings is 2. The molecule has 2 rings (SSSR count). The summed E-state index contributed by atoms with van der Waals surface area (Å²) in [5, 5.41) is 14.7. The van der Waals surface area contributed by atoms with E-state index in [1.165, 1.54) is 77.0 Å². The van der Waals surface area contributed by atoms with Crippen LogP contribution in [-0.4, -0.2) is 55.9 Å². The van der Waals surface area contributed by atoms with Gasteiger partial charge in [0.05, 0.1) is 20.1 Å². The molecule has 2 aromatic carbocycles. The van der Waals surface area contributed by atoms with Crippen LogP contribution >= 0.6 is 0 Å². The molecule has 2 N–H and O–H groups in total. The van der Waals surface area contributed by atoms with E-state index in [2.05, 4.69) is 12.2 Å². The molecule has 1 amide bonds. The number of methoxy groups -OCH3 is 1. The molecule has 2 aromatic rings. The number of nitrogens with one attached hydrogen (secondary N) is 1. The molecule has 0 fully saturated rings. The lowest BCUT2D eigenvalue weighted by Crippen LogP contribution is -2.28. The number of aryl methyl sites for hydroxylation is 1. The average molecular weight is 684 g/mol. The van der Waals surface area contributed by atoms with Crippen LogP contribution in [0.25, 0.3) is 10.8 Å². The number of aliphatic hydroxyl groups is 1. The molecule has 0 aromatic heterocycles. The lowest BCUT2D eigenvalue weighted by molar-refractivity contribution is -0.161. The number of fused-ring (bicyclic) bond motifs is 1. The number of amides is 1. The minimum atomic E-state index is -0.850. The zero-order chi connectivity index (χ0) is 35.5. The number of aliphatic hydroxyl groups excluding tert-OH is 1. The van der Waals surface area contributed by atoms with Crippen LogP contribution in [0.5, 0.6) is 5.75 Å². The average Bonchev–Trinajstić information content (AvgIpc) is 3.10. The molecule has 0 aliphatic heterocycles. The minimum Gasteiger partial charge on any atom is -0.497 e. The number of carbonyl (C=O) groups is 3. The highest BCUT2D eigenvalue weighted by molar-refractivity contribution is 5.89. The van der Waals surface area contributed by atoms with Crippen molar-refractivity contribution in [1.82, 2.24) is 5.32 Å². The van der Waals surface area contributed by atoms with Crippen LogP contribution in [0.4, 0.5) is 0 Å². The van der Waals surface area contributed by atoms with Crippen molar-refractivity contribution in [3.63, 3.8) is 0 Å².